The first-order chi connectivity index (χ1) is 34.1. The molecule has 2 fully saturated rings. The summed E-state index contributed by atoms with van der Waals surface area (Å²) in [5, 5.41) is 72.2. The Morgan fingerprint density at radius 3 is 1.30 bits per heavy atom. The fourth-order valence-corrected chi connectivity index (χ4v) is 9.34. The molecule has 0 aromatic heterocycles. The summed E-state index contributed by atoms with van der Waals surface area (Å²) < 4.78 is 34.4. The Hall–Kier alpha value is -1.27. The predicted molar refractivity (Wildman–Crippen MR) is 275 cm³/mol. The van der Waals surface area contributed by atoms with Gasteiger partial charge in [-0.05, 0) is 38.5 Å². The van der Waals surface area contributed by atoms with Crippen molar-refractivity contribution in [3.63, 3.8) is 0 Å². The summed E-state index contributed by atoms with van der Waals surface area (Å²) in [5.74, 6) is -0.372. The summed E-state index contributed by atoms with van der Waals surface area (Å²) in [7, 11) is 0. The summed E-state index contributed by atoms with van der Waals surface area (Å²) in [6.45, 7) is 3.73. The van der Waals surface area contributed by atoms with Crippen molar-refractivity contribution in [1.29, 1.82) is 0 Å². The van der Waals surface area contributed by atoms with Gasteiger partial charge in [0.1, 0.15) is 54.9 Å². The number of carbonyl (C=O) groups excluding carboxylic acids is 1. The Bertz CT molecular complexity index is 1210. The molecule has 0 aromatic rings. The molecule has 0 radical (unpaired) electrons. The monoisotopic (exact) mass is 1000 g/mol. The first kappa shape index (κ1) is 64.8. The number of rotatable bonds is 47. The van der Waals surface area contributed by atoms with E-state index in [1.807, 2.05) is 0 Å². The maximum absolute atomic E-state index is 13.1. The highest BCUT2D eigenvalue weighted by molar-refractivity contribution is 5.69. The number of aliphatic hydroxyl groups is 7. The number of aliphatic hydroxyl groups excluding tert-OH is 7. The van der Waals surface area contributed by atoms with E-state index in [0.29, 0.717) is 13.0 Å². The van der Waals surface area contributed by atoms with Gasteiger partial charge in [-0.15, -0.1) is 0 Å². The van der Waals surface area contributed by atoms with Crippen LogP contribution in [0.3, 0.4) is 0 Å². The van der Waals surface area contributed by atoms with Gasteiger partial charge in [0, 0.05) is 13.0 Å². The standard InChI is InChI=1S/C56H106O14/c1-3-5-7-9-11-13-15-17-18-19-20-21-22-23-24-25-26-27-29-31-33-35-37-39-48(58)68-45(42-65-40-38-36-34-32-30-28-16-14-12-10-8-6-4-2)43-66-55-54(64)52(62)50(60)47(70-55)44-67-56-53(63)51(61)49(59)46(41-57)69-56/h19-20,45-47,49-57,59-64H,3-18,21-44H2,1-2H3/b20-19-. The van der Waals surface area contributed by atoms with E-state index in [4.69, 9.17) is 28.4 Å². The molecule has 2 aliphatic rings. The minimum Gasteiger partial charge on any atom is -0.457 e. The SMILES string of the molecule is CCCCCCCCCC/C=C\CCCCCCCCCCCCCC(=O)OC(COCCCCCCCCCCCCCCC)COC1OC(COC2OC(CO)C(O)C(O)C2O)C(O)C(O)C1O. The molecule has 11 unspecified atom stereocenters. The van der Waals surface area contributed by atoms with Crippen LogP contribution in [0.4, 0.5) is 0 Å². The van der Waals surface area contributed by atoms with Crippen LogP contribution in [0.2, 0.25) is 0 Å². The zero-order chi connectivity index (χ0) is 50.9. The molecule has 7 N–H and O–H groups in total. The minimum absolute atomic E-state index is 0.0675. The van der Waals surface area contributed by atoms with Crippen molar-refractivity contribution in [2.75, 3.05) is 33.0 Å². The summed E-state index contributed by atoms with van der Waals surface area (Å²) >= 11 is 0. The Balaban J connectivity index is 1.69. The third-order valence-electron chi connectivity index (χ3n) is 14.0. The molecule has 14 nitrogen and oxygen atoms in total. The molecule has 2 saturated heterocycles. The van der Waals surface area contributed by atoms with E-state index in [2.05, 4.69) is 26.0 Å². The van der Waals surface area contributed by atoms with E-state index in [1.165, 1.54) is 173 Å². The van der Waals surface area contributed by atoms with E-state index in [0.717, 1.165) is 38.5 Å². The van der Waals surface area contributed by atoms with Crippen LogP contribution in [0.1, 0.15) is 239 Å². The highest BCUT2D eigenvalue weighted by Crippen LogP contribution is 2.27. The molecule has 0 spiro atoms. The van der Waals surface area contributed by atoms with Gasteiger partial charge in [0.25, 0.3) is 0 Å². The van der Waals surface area contributed by atoms with Crippen molar-refractivity contribution in [1.82, 2.24) is 0 Å². The average Bonchev–Trinajstić information content (AvgIpc) is 3.36. The number of hydrogen-bond donors (Lipinski definition) is 7. The fourth-order valence-electron chi connectivity index (χ4n) is 9.34. The van der Waals surface area contributed by atoms with Crippen LogP contribution >= 0.6 is 0 Å². The molecule has 2 heterocycles. The van der Waals surface area contributed by atoms with Crippen LogP contribution in [-0.2, 0) is 33.2 Å². The second kappa shape index (κ2) is 44.1. The van der Waals surface area contributed by atoms with Gasteiger partial charge >= 0.3 is 5.97 Å². The van der Waals surface area contributed by atoms with E-state index < -0.39 is 80.7 Å². The lowest BCUT2D eigenvalue weighted by molar-refractivity contribution is -0.332. The third kappa shape index (κ3) is 30.8. The molecule has 0 bridgehead atoms. The Morgan fingerprint density at radius 2 is 0.843 bits per heavy atom. The minimum atomic E-state index is -1.70. The predicted octanol–water partition coefficient (Wildman–Crippen LogP) is 9.80. The van der Waals surface area contributed by atoms with Gasteiger partial charge in [-0.1, -0.05) is 206 Å². The molecular weight excluding hydrogens is 897 g/mol. The van der Waals surface area contributed by atoms with Crippen molar-refractivity contribution < 1.29 is 69.0 Å². The molecule has 0 saturated carbocycles. The summed E-state index contributed by atoms with van der Waals surface area (Å²) in [6, 6.07) is 0. The van der Waals surface area contributed by atoms with Crippen LogP contribution in [0, 0.1) is 0 Å². The molecular formula is C56H106O14. The van der Waals surface area contributed by atoms with Crippen LogP contribution in [0.25, 0.3) is 0 Å². The largest absolute Gasteiger partial charge is 0.457 e. The normalized spacial score (nSPS) is 25.5. The maximum atomic E-state index is 13.1. The fraction of sp³-hybridized carbons (Fsp3) is 0.946. The van der Waals surface area contributed by atoms with Gasteiger partial charge in [-0.3, -0.25) is 4.79 Å². The summed E-state index contributed by atoms with van der Waals surface area (Å²) in [5.41, 5.74) is 0. The second-order valence-electron chi connectivity index (χ2n) is 20.5. The number of hydrogen-bond acceptors (Lipinski definition) is 14. The first-order valence-electron chi connectivity index (χ1n) is 28.8. The zero-order valence-corrected chi connectivity index (χ0v) is 44.3. The van der Waals surface area contributed by atoms with Crippen LogP contribution in [0.5, 0.6) is 0 Å². The molecule has 2 aliphatic heterocycles. The summed E-state index contributed by atoms with van der Waals surface area (Å²) in [6.07, 6.45) is 31.3. The lowest BCUT2D eigenvalue weighted by Crippen LogP contribution is -2.61. The van der Waals surface area contributed by atoms with Crippen molar-refractivity contribution in [2.45, 2.75) is 306 Å². The van der Waals surface area contributed by atoms with Gasteiger partial charge in [0.15, 0.2) is 12.6 Å². The Kier molecular flexibility index (Phi) is 40.8. The highest BCUT2D eigenvalue weighted by atomic mass is 16.7. The molecule has 414 valence electrons. The number of esters is 1. The van der Waals surface area contributed by atoms with Gasteiger partial charge in [-0.25, -0.2) is 0 Å². The van der Waals surface area contributed by atoms with Crippen molar-refractivity contribution in [2.24, 2.45) is 0 Å². The lowest BCUT2D eigenvalue weighted by atomic mass is 9.98. The first-order valence-corrected chi connectivity index (χ1v) is 28.8. The Morgan fingerprint density at radius 1 is 0.457 bits per heavy atom. The van der Waals surface area contributed by atoms with Crippen LogP contribution in [-0.4, -0.2) is 142 Å². The number of unbranched alkanes of at least 4 members (excludes halogenated alkanes) is 31. The maximum Gasteiger partial charge on any atom is 0.306 e. The number of ether oxygens (including phenoxy) is 6. The second-order valence-corrected chi connectivity index (χ2v) is 20.5. The third-order valence-corrected chi connectivity index (χ3v) is 14.0. The van der Waals surface area contributed by atoms with E-state index in [9.17, 15) is 40.5 Å². The summed E-state index contributed by atoms with van der Waals surface area (Å²) in [4.78, 5) is 13.1. The van der Waals surface area contributed by atoms with E-state index in [-0.39, 0.29) is 25.6 Å². The quantitative estimate of drug-likeness (QED) is 0.0172. The number of allylic oxidation sites excluding steroid dienone is 2. The number of carbonyl (C=O) groups is 1. The topological polar surface area (TPSA) is 214 Å². The van der Waals surface area contributed by atoms with Gasteiger partial charge in [-0.2, -0.15) is 0 Å². The van der Waals surface area contributed by atoms with E-state index >= 15 is 0 Å². The lowest BCUT2D eigenvalue weighted by Gasteiger charge is -2.42. The highest BCUT2D eigenvalue weighted by Gasteiger charge is 2.47. The molecule has 2 rings (SSSR count). The van der Waals surface area contributed by atoms with Gasteiger partial charge < -0.3 is 64.2 Å². The van der Waals surface area contributed by atoms with Crippen molar-refractivity contribution in [3.8, 4) is 0 Å². The van der Waals surface area contributed by atoms with Crippen molar-refractivity contribution >= 4 is 5.97 Å². The van der Waals surface area contributed by atoms with Crippen LogP contribution < -0.4 is 0 Å². The molecule has 11 atom stereocenters. The van der Waals surface area contributed by atoms with Crippen molar-refractivity contribution in [3.05, 3.63) is 12.2 Å². The van der Waals surface area contributed by atoms with Gasteiger partial charge in [0.2, 0.25) is 0 Å². The average molecular weight is 1000 g/mol. The smallest absolute Gasteiger partial charge is 0.306 e. The van der Waals surface area contributed by atoms with E-state index in [1.54, 1.807) is 0 Å². The van der Waals surface area contributed by atoms with Crippen LogP contribution in [0.15, 0.2) is 12.2 Å². The molecule has 0 aliphatic carbocycles. The molecule has 0 aromatic carbocycles. The molecule has 70 heavy (non-hydrogen) atoms. The molecule has 14 heteroatoms. The zero-order valence-electron chi connectivity index (χ0n) is 44.3. The Labute approximate surface area is 425 Å². The molecule has 0 amide bonds. The van der Waals surface area contributed by atoms with Gasteiger partial charge in [0.05, 0.1) is 26.4 Å².